The summed E-state index contributed by atoms with van der Waals surface area (Å²) in [5.41, 5.74) is 1.78. The van der Waals surface area contributed by atoms with E-state index in [9.17, 15) is 0 Å². The van der Waals surface area contributed by atoms with E-state index in [4.69, 9.17) is 5.26 Å². The van der Waals surface area contributed by atoms with E-state index in [-0.39, 0.29) is 0 Å². The number of halogens is 1. The highest BCUT2D eigenvalue weighted by Crippen LogP contribution is 2.30. The predicted octanol–water partition coefficient (Wildman–Crippen LogP) is 3.53. The first-order valence-electron chi connectivity index (χ1n) is 5.15. The Kier molecular flexibility index (Phi) is 2.97. The number of nitrogens with one attached hydrogen (secondary N) is 1. The fraction of sp³-hybridized carbons (Fsp3) is 0.417. The molecule has 0 saturated heterocycles. The van der Waals surface area contributed by atoms with Crippen LogP contribution in [0.4, 0.5) is 5.69 Å². The fourth-order valence-corrected chi connectivity index (χ4v) is 2.42. The number of hydrogen-bond donors (Lipinski definition) is 1. The van der Waals surface area contributed by atoms with Crippen LogP contribution in [0.5, 0.6) is 0 Å². The molecule has 3 heteroatoms. The molecule has 15 heavy (non-hydrogen) atoms. The highest BCUT2D eigenvalue weighted by Gasteiger charge is 2.24. The SMILES string of the molecule is CC1CC(Nc2ccc(C#N)c(Br)c2)C1. The monoisotopic (exact) mass is 264 g/mol. The second-order valence-corrected chi connectivity index (χ2v) is 5.08. The summed E-state index contributed by atoms with van der Waals surface area (Å²) in [7, 11) is 0. The van der Waals surface area contributed by atoms with E-state index < -0.39 is 0 Å². The maximum atomic E-state index is 8.78. The lowest BCUT2D eigenvalue weighted by atomic mass is 9.82. The van der Waals surface area contributed by atoms with Gasteiger partial charge in [-0.25, -0.2) is 0 Å². The van der Waals surface area contributed by atoms with Crippen LogP contribution in [0.2, 0.25) is 0 Å². The molecule has 0 amide bonds. The third-order valence-electron chi connectivity index (χ3n) is 2.83. The minimum absolute atomic E-state index is 0.611. The van der Waals surface area contributed by atoms with Crippen molar-refractivity contribution in [3.05, 3.63) is 28.2 Å². The van der Waals surface area contributed by atoms with Crippen molar-refractivity contribution in [1.82, 2.24) is 0 Å². The molecule has 2 nitrogen and oxygen atoms in total. The summed E-state index contributed by atoms with van der Waals surface area (Å²) in [6, 6.07) is 8.53. The van der Waals surface area contributed by atoms with E-state index in [2.05, 4.69) is 34.2 Å². The lowest BCUT2D eigenvalue weighted by Crippen LogP contribution is -2.33. The average Bonchev–Trinajstić information content (AvgIpc) is 2.16. The summed E-state index contributed by atoms with van der Waals surface area (Å²) in [6.45, 7) is 2.27. The molecule has 0 aliphatic heterocycles. The lowest BCUT2D eigenvalue weighted by Gasteiger charge is -2.34. The Morgan fingerprint density at radius 1 is 1.47 bits per heavy atom. The van der Waals surface area contributed by atoms with Crippen LogP contribution >= 0.6 is 15.9 Å². The number of benzene rings is 1. The molecule has 1 aliphatic rings. The molecule has 78 valence electrons. The molecular weight excluding hydrogens is 252 g/mol. The van der Waals surface area contributed by atoms with Gasteiger partial charge in [0, 0.05) is 16.2 Å². The third kappa shape index (κ3) is 2.32. The molecular formula is C12H13BrN2. The highest BCUT2D eigenvalue weighted by atomic mass is 79.9. The van der Waals surface area contributed by atoms with Crippen LogP contribution in [0.1, 0.15) is 25.3 Å². The third-order valence-corrected chi connectivity index (χ3v) is 3.49. The summed E-state index contributed by atoms with van der Waals surface area (Å²) in [6.07, 6.45) is 2.50. The van der Waals surface area contributed by atoms with Crippen molar-refractivity contribution >= 4 is 21.6 Å². The Morgan fingerprint density at radius 2 is 2.20 bits per heavy atom. The van der Waals surface area contributed by atoms with Gasteiger partial charge >= 0.3 is 0 Å². The number of nitrogens with zero attached hydrogens (tertiary/aromatic N) is 1. The Bertz CT molecular complexity index is 403. The standard InChI is InChI=1S/C12H13BrN2/c1-8-4-11(5-8)15-10-3-2-9(7-14)12(13)6-10/h2-3,6,8,11,15H,4-5H2,1H3. The zero-order valence-corrected chi connectivity index (χ0v) is 10.2. The van der Waals surface area contributed by atoms with Gasteiger partial charge in [0.05, 0.1) is 5.56 Å². The molecule has 0 bridgehead atoms. The van der Waals surface area contributed by atoms with E-state index in [0.717, 1.165) is 16.1 Å². The van der Waals surface area contributed by atoms with Gasteiger partial charge in [-0.2, -0.15) is 5.26 Å². The zero-order valence-electron chi connectivity index (χ0n) is 8.63. The van der Waals surface area contributed by atoms with E-state index in [0.29, 0.717) is 11.6 Å². The molecule has 0 radical (unpaired) electrons. The van der Waals surface area contributed by atoms with Crippen LogP contribution in [0.15, 0.2) is 22.7 Å². The second-order valence-electron chi connectivity index (χ2n) is 4.22. The Morgan fingerprint density at radius 3 is 2.73 bits per heavy atom. The molecule has 1 fully saturated rings. The molecule has 2 rings (SSSR count). The van der Waals surface area contributed by atoms with Gasteiger partial charge in [0.1, 0.15) is 6.07 Å². The van der Waals surface area contributed by atoms with E-state index >= 15 is 0 Å². The van der Waals surface area contributed by atoms with E-state index in [1.54, 1.807) is 0 Å². The topological polar surface area (TPSA) is 35.8 Å². The molecule has 1 aliphatic carbocycles. The van der Waals surface area contributed by atoms with Crippen molar-refractivity contribution in [2.24, 2.45) is 5.92 Å². The zero-order chi connectivity index (χ0) is 10.8. The molecule has 1 aromatic carbocycles. The molecule has 0 unspecified atom stereocenters. The van der Waals surface area contributed by atoms with Gasteiger partial charge in [-0.15, -0.1) is 0 Å². The molecule has 0 atom stereocenters. The average molecular weight is 265 g/mol. The molecule has 1 N–H and O–H groups in total. The van der Waals surface area contributed by atoms with Gasteiger partial charge in [-0.3, -0.25) is 0 Å². The van der Waals surface area contributed by atoms with Crippen LogP contribution in [0, 0.1) is 17.2 Å². The van der Waals surface area contributed by atoms with Crippen molar-refractivity contribution in [2.45, 2.75) is 25.8 Å². The first-order valence-corrected chi connectivity index (χ1v) is 5.94. The maximum absolute atomic E-state index is 8.78. The van der Waals surface area contributed by atoms with Crippen molar-refractivity contribution in [2.75, 3.05) is 5.32 Å². The minimum Gasteiger partial charge on any atom is -0.382 e. The highest BCUT2D eigenvalue weighted by molar-refractivity contribution is 9.10. The van der Waals surface area contributed by atoms with Crippen LogP contribution in [0.3, 0.4) is 0 Å². The predicted molar refractivity (Wildman–Crippen MR) is 64.7 cm³/mol. The van der Waals surface area contributed by atoms with Gasteiger partial charge in [0.25, 0.3) is 0 Å². The van der Waals surface area contributed by atoms with Crippen LogP contribution in [0.25, 0.3) is 0 Å². The smallest absolute Gasteiger partial charge is 0.100 e. The van der Waals surface area contributed by atoms with Gasteiger partial charge in [-0.1, -0.05) is 6.92 Å². The summed E-state index contributed by atoms with van der Waals surface area (Å²) in [5.74, 6) is 0.851. The Balaban J connectivity index is 2.04. The normalized spacial score (nSPS) is 24.1. The van der Waals surface area contributed by atoms with Crippen LogP contribution < -0.4 is 5.32 Å². The van der Waals surface area contributed by atoms with E-state index in [1.165, 1.54) is 12.8 Å². The molecule has 0 heterocycles. The second kappa shape index (κ2) is 4.24. The van der Waals surface area contributed by atoms with Crippen molar-refractivity contribution in [3.8, 4) is 6.07 Å². The molecule has 0 aromatic heterocycles. The number of hydrogen-bond acceptors (Lipinski definition) is 2. The maximum Gasteiger partial charge on any atom is 0.100 e. The molecule has 1 saturated carbocycles. The lowest BCUT2D eigenvalue weighted by molar-refractivity contribution is 0.309. The van der Waals surface area contributed by atoms with Gasteiger partial charge in [-0.05, 0) is 52.9 Å². The summed E-state index contributed by atoms with van der Waals surface area (Å²) in [5, 5.41) is 12.2. The van der Waals surface area contributed by atoms with Crippen LogP contribution in [-0.4, -0.2) is 6.04 Å². The quantitative estimate of drug-likeness (QED) is 0.887. The van der Waals surface area contributed by atoms with Crippen molar-refractivity contribution in [1.29, 1.82) is 5.26 Å². The summed E-state index contributed by atoms with van der Waals surface area (Å²) < 4.78 is 0.863. The van der Waals surface area contributed by atoms with E-state index in [1.807, 2.05) is 18.2 Å². The summed E-state index contributed by atoms with van der Waals surface area (Å²) in [4.78, 5) is 0. The fourth-order valence-electron chi connectivity index (χ4n) is 1.95. The van der Waals surface area contributed by atoms with Gasteiger partial charge in [0.15, 0.2) is 0 Å². The number of anilines is 1. The Hall–Kier alpha value is -1.01. The van der Waals surface area contributed by atoms with Crippen LogP contribution in [-0.2, 0) is 0 Å². The van der Waals surface area contributed by atoms with Gasteiger partial charge in [0.2, 0.25) is 0 Å². The first-order chi connectivity index (χ1) is 7.19. The molecule has 1 aromatic rings. The number of rotatable bonds is 2. The number of nitriles is 1. The molecule has 0 spiro atoms. The van der Waals surface area contributed by atoms with Crippen molar-refractivity contribution < 1.29 is 0 Å². The largest absolute Gasteiger partial charge is 0.382 e. The van der Waals surface area contributed by atoms with Crippen molar-refractivity contribution in [3.63, 3.8) is 0 Å². The first kappa shape index (κ1) is 10.5. The van der Waals surface area contributed by atoms with Gasteiger partial charge < -0.3 is 5.32 Å². The summed E-state index contributed by atoms with van der Waals surface area (Å²) >= 11 is 3.39. The minimum atomic E-state index is 0.611. The Labute approximate surface area is 98.4 Å².